The molecular formula is C20H24N2O3. The molecule has 0 aliphatic carbocycles. The average molecular weight is 340 g/mol. The van der Waals surface area contributed by atoms with E-state index in [0.717, 1.165) is 23.3 Å². The van der Waals surface area contributed by atoms with E-state index in [9.17, 15) is 9.59 Å². The van der Waals surface area contributed by atoms with E-state index < -0.39 is 0 Å². The van der Waals surface area contributed by atoms with Crippen molar-refractivity contribution in [2.45, 2.75) is 19.3 Å². The van der Waals surface area contributed by atoms with Gasteiger partial charge in [0.05, 0.1) is 13.5 Å². The smallest absolute Gasteiger partial charge is 0.224 e. The summed E-state index contributed by atoms with van der Waals surface area (Å²) in [5.74, 6) is 0.694. The molecule has 2 aromatic rings. The lowest BCUT2D eigenvalue weighted by Gasteiger charge is -2.08. The van der Waals surface area contributed by atoms with Gasteiger partial charge in [-0.15, -0.1) is 0 Å². The molecule has 2 amide bonds. The van der Waals surface area contributed by atoms with Gasteiger partial charge in [-0.3, -0.25) is 9.59 Å². The SMILES string of the molecule is COc1ccc(CC(=O)NCCNC(=O)CCc2ccccc2)cc1. The monoisotopic (exact) mass is 340 g/mol. The molecule has 0 spiro atoms. The minimum Gasteiger partial charge on any atom is -0.497 e. The Hall–Kier alpha value is -2.82. The maximum absolute atomic E-state index is 11.9. The molecule has 0 heterocycles. The summed E-state index contributed by atoms with van der Waals surface area (Å²) in [4.78, 5) is 23.6. The second kappa shape index (κ2) is 10.1. The Balaban J connectivity index is 1.58. The van der Waals surface area contributed by atoms with Crippen molar-refractivity contribution in [3.8, 4) is 5.75 Å². The van der Waals surface area contributed by atoms with Gasteiger partial charge in [-0.1, -0.05) is 42.5 Å². The molecule has 132 valence electrons. The molecule has 0 aromatic heterocycles. The Labute approximate surface area is 148 Å². The van der Waals surface area contributed by atoms with Crippen molar-refractivity contribution in [1.29, 1.82) is 0 Å². The molecule has 25 heavy (non-hydrogen) atoms. The minimum atomic E-state index is -0.0660. The molecule has 0 unspecified atom stereocenters. The summed E-state index contributed by atoms with van der Waals surface area (Å²) in [6.45, 7) is 0.855. The quantitative estimate of drug-likeness (QED) is 0.687. The van der Waals surface area contributed by atoms with Crippen molar-refractivity contribution < 1.29 is 14.3 Å². The van der Waals surface area contributed by atoms with Crippen molar-refractivity contribution in [3.05, 3.63) is 65.7 Å². The van der Waals surface area contributed by atoms with Crippen LogP contribution in [0.5, 0.6) is 5.75 Å². The van der Waals surface area contributed by atoms with E-state index in [1.54, 1.807) is 7.11 Å². The Morgan fingerprint density at radius 1 is 0.840 bits per heavy atom. The normalized spacial score (nSPS) is 10.1. The fourth-order valence-electron chi connectivity index (χ4n) is 2.39. The Morgan fingerprint density at radius 2 is 1.48 bits per heavy atom. The second-order valence-electron chi connectivity index (χ2n) is 5.71. The van der Waals surface area contributed by atoms with Crippen LogP contribution in [0.25, 0.3) is 0 Å². The van der Waals surface area contributed by atoms with Crippen LogP contribution >= 0.6 is 0 Å². The summed E-state index contributed by atoms with van der Waals surface area (Å²) in [6, 6.07) is 17.3. The summed E-state index contributed by atoms with van der Waals surface area (Å²) in [7, 11) is 1.61. The highest BCUT2D eigenvalue weighted by molar-refractivity contribution is 5.79. The third-order valence-corrected chi connectivity index (χ3v) is 3.78. The van der Waals surface area contributed by atoms with Crippen LogP contribution < -0.4 is 15.4 Å². The number of ether oxygens (including phenoxy) is 1. The van der Waals surface area contributed by atoms with Crippen molar-refractivity contribution >= 4 is 11.8 Å². The van der Waals surface area contributed by atoms with Gasteiger partial charge in [-0.2, -0.15) is 0 Å². The number of aryl methyl sites for hydroxylation is 1. The fourth-order valence-corrected chi connectivity index (χ4v) is 2.39. The van der Waals surface area contributed by atoms with E-state index in [1.165, 1.54) is 0 Å². The lowest BCUT2D eigenvalue weighted by Crippen LogP contribution is -2.35. The van der Waals surface area contributed by atoms with Crippen LogP contribution in [0, 0.1) is 0 Å². The van der Waals surface area contributed by atoms with Crippen LogP contribution in [0.4, 0.5) is 0 Å². The first kappa shape index (κ1) is 18.5. The molecule has 0 atom stereocenters. The summed E-state index contributed by atoms with van der Waals surface area (Å²) < 4.78 is 5.08. The van der Waals surface area contributed by atoms with Crippen LogP contribution in [0.1, 0.15) is 17.5 Å². The van der Waals surface area contributed by atoms with Gasteiger partial charge in [-0.25, -0.2) is 0 Å². The Kier molecular flexibility index (Phi) is 7.50. The highest BCUT2D eigenvalue weighted by Gasteiger charge is 2.05. The Bertz CT molecular complexity index is 669. The topological polar surface area (TPSA) is 67.4 Å². The molecule has 2 rings (SSSR count). The summed E-state index contributed by atoms with van der Waals surface area (Å²) in [6.07, 6.45) is 1.48. The molecule has 2 aromatic carbocycles. The third-order valence-electron chi connectivity index (χ3n) is 3.78. The first-order valence-electron chi connectivity index (χ1n) is 8.37. The molecule has 0 aliphatic rings. The number of rotatable bonds is 9. The van der Waals surface area contributed by atoms with Crippen LogP contribution in [0.2, 0.25) is 0 Å². The highest BCUT2D eigenvalue weighted by atomic mass is 16.5. The van der Waals surface area contributed by atoms with E-state index in [2.05, 4.69) is 10.6 Å². The van der Waals surface area contributed by atoms with Crippen molar-refractivity contribution in [2.24, 2.45) is 0 Å². The standard InChI is InChI=1S/C20H24N2O3/c1-25-18-10-7-17(8-11-18)15-20(24)22-14-13-21-19(23)12-9-16-5-3-2-4-6-16/h2-8,10-11H,9,12-15H2,1H3,(H,21,23)(H,22,24). The Morgan fingerprint density at radius 3 is 2.12 bits per heavy atom. The molecule has 0 saturated heterocycles. The van der Waals surface area contributed by atoms with E-state index >= 15 is 0 Å². The van der Waals surface area contributed by atoms with E-state index in [4.69, 9.17) is 4.74 Å². The lowest BCUT2D eigenvalue weighted by molar-refractivity contribution is -0.122. The van der Waals surface area contributed by atoms with Crippen molar-refractivity contribution in [3.63, 3.8) is 0 Å². The molecule has 0 radical (unpaired) electrons. The van der Waals surface area contributed by atoms with E-state index in [0.29, 0.717) is 25.9 Å². The van der Waals surface area contributed by atoms with E-state index in [-0.39, 0.29) is 11.8 Å². The zero-order valence-electron chi connectivity index (χ0n) is 14.5. The number of methoxy groups -OCH3 is 1. The summed E-state index contributed by atoms with van der Waals surface area (Å²) >= 11 is 0. The van der Waals surface area contributed by atoms with Crippen LogP contribution in [0.3, 0.4) is 0 Å². The van der Waals surface area contributed by atoms with Gasteiger partial charge in [0, 0.05) is 19.5 Å². The minimum absolute atomic E-state index is 0.00624. The van der Waals surface area contributed by atoms with Crippen LogP contribution in [0.15, 0.2) is 54.6 Å². The molecule has 2 N–H and O–H groups in total. The van der Waals surface area contributed by atoms with Crippen LogP contribution in [-0.2, 0) is 22.4 Å². The molecule has 0 saturated carbocycles. The number of nitrogens with one attached hydrogen (secondary N) is 2. The third kappa shape index (κ3) is 7.08. The average Bonchev–Trinajstić information content (AvgIpc) is 2.65. The van der Waals surface area contributed by atoms with E-state index in [1.807, 2.05) is 54.6 Å². The van der Waals surface area contributed by atoms with Crippen LogP contribution in [-0.4, -0.2) is 32.0 Å². The number of hydrogen-bond acceptors (Lipinski definition) is 3. The molecular weight excluding hydrogens is 316 g/mol. The number of amides is 2. The van der Waals surface area contributed by atoms with Gasteiger partial charge in [0.2, 0.25) is 11.8 Å². The van der Waals surface area contributed by atoms with Crippen molar-refractivity contribution in [2.75, 3.05) is 20.2 Å². The maximum Gasteiger partial charge on any atom is 0.224 e. The van der Waals surface area contributed by atoms with Gasteiger partial charge in [0.1, 0.15) is 5.75 Å². The van der Waals surface area contributed by atoms with Gasteiger partial charge in [0.15, 0.2) is 0 Å². The largest absolute Gasteiger partial charge is 0.497 e. The lowest BCUT2D eigenvalue weighted by atomic mass is 10.1. The zero-order valence-corrected chi connectivity index (χ0v) is 14.5. The fraction of sp³-hybridized carbons (Fsp3) is 0.300. The van der Waals surface area contributed by atoms with Gasteiger partial charge in [0.25, 0.3) is 0 Å². The molecule has 5 nitrogen and oxygen atoms in total. The predicted octanol–water partition coefficient (Wildman–Crippen LogP) is 2.10. The number of carbonyl (C=O) groups is 2. The van der Waals surface area contributed by atoms with Crippen molar-refractivity contribution in [1.82, 2.24) is 10.6 Å². The van der Waals surface area contributed by atoms with Gasteiger partial charge >= 0.3 is 0 Å². The second-order valence-corrected chi connectivity index (χ2v) is 5.71. The first-order chi connectivity index (χ1) is 12.2. The number of carbonyl (C=O) groups excluding carboxylic acids is 2. The molecule has 0 bridgehead atoms. The predicted molar refractivity (Wildman–Crippen MR) is 97.5 cm³/mol. The molecule has 5 heteroatoms. The molecule has 0 aliphatic heterocycles. The highest BCUT2D eigenvalue weighted by Crippen LogP contribution is 2.11. The zero-order chi connectivity index (χ0) is 17.9. The summed E-state index contributed by atoms with van der Waals surface area (Å²) in [5.41, 5.74) is 2.07. The number of benzene rings is 2. The van der Waals surface area contributed by atoms with Gasteiger partial charge in [-0.05, 0) is 29.7 Å². The maximum atomic E-state index is 11.9. The first-order valence-corrected chi connectivity index (χ1v) is 8.37. The number of hydrogen-bond donors (Lipinski definition) is 2. The van der Waals surface area contributed by atoms with Gasteiger partial charge < -0.3 is 15.4 Å². The molecule has 0 fully saturated rings. The summed E-state index contributed by atoms with van der Waals surface area (Å²) in [5, 5.41) is 5.62.